The van der Waals surface area contributed by atoms with E-state index in [9.17, 15) is 8.42 Å². The number of nitrogens with zero attached hydrogens (tertiary/aromatic N) is 5. The van der Waals surface area contributed by atoms with Gasteiger partial charge in [0.15, 0.2) is 0 Å². The third-order valence-corrected chi connectivity index (χ3v) is 7.98. The maximum atomic E-state index is 12.7. The minimum atomic E-state index is -3.74. The van der Waals surface area contributed by atoms with E-state index in [0.29, 0.717) is 11.5 Å². The summed E-state index contributed by atoms with van der Waals surface area (Å²) in [5, 5.41) is 0. The summed E-state index contributed by atoms with van der Waals surface area (Å²) in [6.07, 6.45) is 1.56. The number of rotatable bonds is 5. The van der Waals surface area contributed by atoms with Crippen LogP contribution in [-0.2, 0) is 14.8 Å². The molecule has 1 saturated heterocycles. The molecule has 0 radical (unpaired) electrons. The first kappa shape index (κ1) is 23.1. The molecule has 2 aromatic heterocycles. The molecule has 0 atom stereocenters. The quantitative estimate of drug-likeness (QED) is 0.433. The van der Waals surface area contributed by atoms with Crippen molar-refractivity contribution in [2.24, 2.45) is 0 Å². The number of aromatic nitrogens is 3. The number of ether oxygens (including phenoxy) is 1. The molecule has 4 N–H and O–H groups in total. The average molecular weight is 494 g/mol. The Balaban J connectivity index is 1.56. The van der Waals surface area contributed by atoms with Crippen LogP contribution in [0.1, 0.15) is 0 Å². The first-order valence-corrected chi connectivity index (χ1v) is 12.6. The number of anilines is 3. The Morgan fingerprint density at radius 1 is 0.943 bits per heavy atom. The number of fused-ring (bicyclic) bond motifs is 1. The maximum absolute atomic E-state index is 12.7. The Morgan fingerprint density at radius 3 is 2.31 bits per heavy atom. The van der Waals surface area contributed by atoms with E-state index in [1.54, 1.807) is 12.3 Å². The highest BCUT2D eigenvalue weighted by molar-refractivity contribution is 7.89. The van der Waals surface area contributed by atoms with Gasteiger partial charge in [-0.25, -0.2) is 22.7 Å². The first-order chi connectivity index (χ1) is 16.8. The van der Waals surface area contributed by atoms with Gasteiger partial charge in [-0.3, -0.25) is 4.57 Å². The van der Waals surface area contributed by atoms with Crippen LogP contribution in [0.5, 0.6) is 0 Å². The Morgan fingerprint density at radius 2 is 1.63 bits per heavy atom. The van der Waals surface area contributed by atoms with Crippen molar-refractivity contribution in [3.05, 3.63) is 54.7 Å². The molecule has 5 rings (SSSR count). The number of hydrogen-bond acceptors (Lipinski definition) is 8. The Bertz CT molecular complexity index is 1490. The van der Waals surface area contributed by atoms with Crippen LogP contribution in [0.4, 0.5) is 17.5 Å². The molecule has 0 bridgehead atoms. The number of nitrogens with two attached hydrogens (primary N) is 2. The van der Waals surface area contributed by atoms with Crippen LogP contribution in [0.25, 0.3) is 27.8 Å². The van der Waals surface area contributed by atoms with Crippen LogP contribution < -0.4 is 16.4 Å². The highest BCUT2D eigenvalue weighted by Crippen LogP contribution is 2.31. The van der Waals surface area contributed by atoms with Crippen molar-refractivity contribution in [1.82, 2.24) is 18.8 Å². The lowest BCUT2D eigenvalue weighted by Gasteiger charge is -2.29. The van der Waals surface area contributed by atoms with E-state index in [4.69, 9.17) is 16.2 Å². The molecule has 10 nitrogen and oxygen atoms in total. The molecule has 0 unspecified atom stereocenters. The summed E-state index contributed by atoms with van der Waals surface area (Å²) in [6, 6.07) is 15.4. The smallest absolute Gasteiger partial charge is 0.246 e. The summed E-state index contributed by atoms with van der Waals surface area (Å²) in [5.74, 6) is 0.320. The average Bonchev–Trinajstić information content (AvgIpc) is 3.19. The second-order valence-electron chi connectivity index (χ2n) is 8.52. The van der Waals surface area contributed by atoms with Crippen LogP contribution in [0, 0.1) is 0 Å². The molecule has 0 aliphatic carbocycles. The van der Waals surface area contributed by atoms with Gasteiger partial charge in [0.25, 0.3) is 0 Å². The molecule has 0 spiro atoms. The number of morpholine rings is 1. The minimum absolute atomic E-state index is 0.0354. The van der Waals surface area contributed by atoms with Crippen molar-refractivity contribution < 1.29 is 13.2 Å². The molecule has 2 aromatic carbocycles. The molecule has 0 amide bonds. The third kappa shape index (κ3) is 4.18. The lowest BCUT2D eigenvalue weighted by atomic mass is 10.1. The number of pyridine rings is 1. The molecule has 11 heteroatoms. The summed E-state index contributed by atoms with van der Waals surface area (Å²) in [6.45, 7) is 3.17. The molecular weight excluding hydrogens is 466 g/mol. The van der Waals surface area contributed by atoms with E-state index in [1.807, 2.05) is 34.9 Å². The largest absolute Gasteiger partial charge is 0.383 e. The second-order valence-corrected chi connectivity index (χ2v) is 10.6. The SMILES string of the molecule is CN(C)S(=O)(=O)c1cc(-c2ccc3nc(N)n(-c4ccc(N5CCOCC5)cc4)c3c2)cnc1N. The summed E-state index contributed by atoms with van der Waals surface area (Å²) >= 11 is 0. The van der Waals surface area contributed by atoms with Crippen LogP contribution >= 0.6 is 0 Å². The normalized spacial score (nSPS) is 14.7. The number of imidazole rings is 1. The Kier molecular flexibility index (Phi) is 5.83. The van der Waals surface area contributed by atoms with Gasteiger partial charge in [-0.05, 0) is 48.0 Å². The van der Waals surface area contributed by atoms with Gasteiger partial charge in [0.1, 0.15) is 10.7 Å². The van der Waals surface area contributed by atoms with E-state index in [1.165, 1.54) is 14.1 Å². The predicted molar refractivity (Wildman–Crippen MR) is 137 cm³/mol. The number of nitrogen functional groups attached to an aromatic ring is 2. The van der Waals surface area contributed by atoms with E-state index >= 15 is 0 Å². The van der Waals surface area contributed by atoms with Gasteiger partial charge >= 0.3 is 0 Å². The molecule has 3 heterocycles. The fourth-order valence-electron chi connectivity index (χ4n) is 4.20. The van der Waals surface area contributed by atoms with E-state index < -0.39 is 10.0 Å². The van der Waals surface area contributed by atoms with Crippen molar-refractivity contribution in [2.45, 2.75) is 4.90 Å². The van der Waals surface area contributed by atoms with E-state index in [2.05, 4.69) is 27.0 Å². The predicted octanol–water partition coefficient (Wildman–Crippen LogP) is 2.34. The fraction of sp³-hybridized carbons (Fsp3) is 0.250. The van der Waals surface area contributed by atoms with Crippen molar-refractivity contribution >= 4 is 38.5 Å². The van der Waals surface area contributed by atoms with Crippen LogP contribution in [-0.4, -0.2) is 67.7 Å². The highest BCUT2D eigenvalue weighted by atomic mass is 32.2. The fourth-order valence-corrected chi connectivity index (χ4v) is 5.18. The van der Waals surface area contributed by atoms with Crippen LogP contribution in [0.2, 0.25) is 0 Å². The van der Waals surface area contributed by atoms with Crippen molar-refractivity contribution in [1.29, 1.82) is 0 Å². The molecule has 0 saturated carbocycles. The van der Waals surface area contributed by atoms with Gasteiger partial charge in [0, 0.05) is 50.3 Å². The summed E-state index contributed by atoms with van der Waals surface area (Å²) < 4.78 is 33.8. The zero-order valence-electron chi connectivity index (χ0n) is 19.5. The lowest BCUT2D eigenvalue weighted by molar-refractivity contribution is 0.122. The summed E-state index contributed by atoms with van der Waals surface area (Å²) in [5.41, 5.74) is 17.1. The summed E-state index contributed by atoms with van der Waals surface area (Å²) in [4.78, 5) is 10.9. The third-order valence-electron chi connectivity index (χ3n) is 6.14. The number of sulfonamides is 1. The maximum Gasteiger partial charge on any atom is 0.246 e. The topological polar surface area (TPSA) is 133 Å². The highest BCUT2D eigenvalue weighted by Gasteiger charge is 2.22. The Labute approximate surface area is 203 Å². The van der Waals surface area contributed by atoms with Crippen molar-refractivity contribution in [2.75, 3.05) is 56.8 Å². The zero-order valence-corrected chi connectivity index (χ0v) is 20.4. The van der Waals surface area contributed by atoms with E-state index in [-0.39, 0.29) is 10.7 Å². The molecule has 4 aromatic rings. The first-order valence-electron chi connectivity index (χ1n) is 11.2. The number of hydrogen-bond donors (Lipinski definition) is 2. The standard InChI is InChI=1S/C24H27N7O3S/c1-29(2)35(32,33)22-14-17(15-27-23(22)25)16-3-8-20-21(13-16)31(24(26)28-20)19-6-4-18(5-7-19)30-9-11-34-12-10-30/h3-8,13-15H,9-12H2,1-2H3,(H2,25,27)(H2,26,28). The van der Waals surface area contributed by atoms with Gasteiger partial charge in [0.05, 0.1) is 24.2 Å². The van der Waals surface area contributed by atoms with Crippen molar-refractivity contribution in [3.63, 3.8) is 0 Å². The minimum Gasteiger partial charge on any atom is -0.383 e. The molecule has 1 fully saturated rings. The van der Waals surface area contributed by atoms with Gasteiger partial charge in [-0.15, -0.1) is 0 Å². The second kappa shape index (κ2) is 8.84. The zero-order chi connectivity index (χ0) is 24.7. The molecule has 1 aliphatic rings. The van der Waals surface area contributed by atoms with E-state index in [0.717, 1.165) is 58.6 Å². The number of benzene rings is 2. The molecule has 182 valence electrons. The molecular formula is C24H27N7O3S. The van der Waals surface area contributed by atoms with Gasteiger partial charge in [-0.2, -0.15) is 0 Å². The Hall–Kier alpha value is -3.67. The van der Waals surface area contributed by atoms with Gasteiger partial charge in [-0.1, -0.05) is 6.07 Å². The molecule has 1 aliphatic heterocycles. The van der Waals surface area contributed by atoms with Crippen LogP contribution in [0.15, 0.2) is 59.6 Å². The summed E-state index contributed by atoms with van der Waals surface area (Å²) in [7, 11) is -0.830. The van der Waals surface area contributed by atoms with Gasteiger partial charge < -0.3 is 21.1 Å². The molecule has 35 heavy (non-hydrogen) atoms. The van der Waals surface area contributed by atoms with Gasteiger partial charge in [0.2, 0.25) is 16.0 Å². The van der Waals surface area contributed by atoms with Crippen LogP contribution in [0.3, 0.4) is 0 Å². The van der Waals surface area contributed by atoms with Crippen molar-refractivity contribution in [3.8, 4) is 16.8 Å². The lowest BCUT2D eigenvalue weighted by Crippen LogP contribution is -2.36. The monoisotopic (exact) mass is 493 g/mol.